The molecule has 250 valence electrons. The molecule has 10 aromatic rings. The van der Waals surface area contributed by atoms with Crippen molar-refractivity contribution >= 4 is 32.6 Å². The molecule has 1 heterocycles. The van der Waals surface area contributed by atoms with Crippen LogP contribution in [0.5, 0.6) is 0 Å². The molecule has 0 bridgehead atoms. The Labute approximate surface area is 313 Å². The molecule has 0 saturated heterocycles. The van der Waals surface area contributed by atoms with E-state index in [1.54, 1.807) is 0 Å². The lowest BCUT2D eigenvalue weighted by Crippen LogP contribution is -2.25. The van der Waals surface area contributed by atoms with Gasteiger partial charge < -0.3 is 4.98 Å². The van der Waals surface area contributed by atoms with Crippen LogP contribution in [0.2, 0.25) is 0 Å². The summed E-state index contributed by atoms with van der Waals surface area (Å²) in [5, 5.41) is 5.02. The predicted octanol–water partition coefficient (Wildman–Crippen LogP) is 13.8. The molecule has 2 aliphatic carbocycles. The van der Waals surface area contributed by atoms with E-state index in [0.29, 0.717) is 0 Å². The molecule has 1 heteroatoms. The first kappa shape index (κ1) is 29.6. The van der Waals surface area contributed by atoms with Crippen LogP contribution in [-0.2, 0) is 5.41 Å². The van der Waals surface area contributed by atoms with Crippen LogP contribution in [0.3, 0.4) is 0 Å². The number of hydrogen-bond acceptors (Lipinski definition) is 0. The van der Waals surface area contributed by atoms with E-state index in [9.17, 15) is 0 Å². The van der Waals surface area contributed by atoms with Gasteiger partial charge in [-0.05, 0) is 119 Å². The monoisotopic (exact) mass is 683 g/mol. The fourth-order valence-corrected chi connectivity index (χ4v) is 9.80. The Morgan fingerprint density at radius 3 is 1.35 bits per heavy atom. The van der Waals surface area contributed by atoms with Gasteiger partial charge in [0.1, 0.15) is 0 Å². The maximum Gasteiger partial charge on any atom is 0.0725 e. The van der Waals surface area contributed by atoms with Crippen LogP contribution in [0.15, 0.2) is 194 Å². The van der Waals surface area contributed by atoms with Crippen molar-refractivity contribution in [2.75, 3.05) is 0 Å². The van der Waals surface area contributed by atoms with Crippen LogP contribution in [0.25, 0.3) is 88.2 Å². The fraction of sp³-hybridized carbons (Fsp3) is 0.0189. The molecule has 1 spiro atoms. The Morgan fingerprint density at radius 2 is 0.722 bits per heavy atom. The number of hydrogen-bond donors (Lipinski definition) is 1. The van der Waals surface area contributed by atoms with Gasteiger partial charge in [0.15, 0.2) is 0 Å². The summed E-state index contributed by atoms with van der Waals surface area (Å²) >= 11 is 0. The van der Waals surface area contributed by atoms with Crippen LogP contribution < -0.4 is 0 Å². The van der Waals surface area contributed by atoms with Gasteiger partial charge >= 0.3 is 0 Å². The molecule has 0 fully saturated rings. The normalized spacial score (nSPS) is 13.3. The maximum absolute atomic E-state index is 3.79. The summed E-state index contributed by atoms with van der Waals surface area (Å²) in [7, 11) is 0. The van der Waals surface area contributed by atoms with Crippen molar-refractivity contribution in [1.82, 2.24) is 4.98 Å². The summed E-state index contributed by atoms with van der Waals surface area (Å²) in [6.07, 6.45) is 0. The highest BCUT2D eigenvalue weighted by molar-refractivity contribution is 6.09. The van der Waals surface area contributed by atoms with Crippen molar-refractivity contribution in [2.45, 2.75) is 5.41 Å². The summed E-state index contributed by atoms with van der Waals surface area (Å²) in [6, 6.07) is 72.1. The highest BCUT2D eigenvalue weighted by Gasteiger charge is 2.51. The van der Waals surface area contributed by atoms with Crippen LogP contribution in [0.4, 0.5) is 0 Å². The number of H-pyrrole nitrogens is 1. The second-order valence-electron chi connectivity index (χ2n) is 14.9. The summed E-state index contributed by atoms with van der Waals surface area (Å²) in [4.78, 5) is 3.79. The smallest absolute Gasteiger partial charge is 0.0725 e. The highest BCUT2D eigenvalue weighted by Crippen LogP contribution is 2.63. The highest BCUT2D eigenvalue weighted by atomic mass is 14.7. The van der Waals surface area contributed by atoms with E-state index >= 15 is 0 Å². The van der Waals surface area contributed by atoms with Crippen molar-refractivity contribution in [3.63, 3.8) is 0 Å². The van der Waals surface area contributed by atoms with E-state index in [1.165, 1.54) is 99.4 Å². The van der Waals surface area contributed by atoms with Gasteiger partial charge in [0.25, 0.3) is 0 Å². The van der Waals surface area contributed by atoms with Gasteiger partial charge in [-0.25, -0.2) is 0 Å². The lowest BCUT2D eigenvalue weighted by molar-refractivity contribution is 0.794. The Kier molecular flexibility index (Phi) is 6.04. The summed E-state index contributed by atoms with van der Waals surface area (Å²) in [5.74, 6) is 0. The molecule has 2 aliphatic rings. The lowest BCUT2D eigenvalue weighted by Gasteiger charge is -2.30. The zero-order chi connectivity index (χ0) is 35.4. The Hall–Kier alpha value is -6.96. The SMILES string of the molecule is c1cc(-c2ccc3ccccc3c2)cc(-c2ccc3c(c2)[nH]c2cc(-c4ccc5c(c4)-c4ccccc4C54c5ccccc5-c5ccccc54)ccc23)c1. The predicted molar refractivity (Wildman–Crippen MR) is 226 cm³/mol. The minimum atomic E-state index is -0.314. The van der Waals surface area contributed by atoms with Gasteiger partial charge in [0, 0.05) is 21.8 Å². The molecular weight excluding hydrogens is 651 g/mol. The molecule has 1 nitrogen and oxygen atoms in total. The third-order valence-electron chi connectivity index (χ3n) is 12.2. The Morgan fingerprint density at radius 1 is 0.278 bits per heavy atom. The van der Waals surface area contributed by atoms with Gasteiger partial charge in [-0.15, -0.1) is 0 Å². The van der Waals surface area contributed by atoms with Crippen molar-refractivity contribution < 1.29 is 0 Å². The van der Waals surface area contributed by atoms with Crippen LogP contribution in [0.1, 0.15) is 22.3 Å². The third kappa shape index (κ3) is 4.04. The minimum Gasteiger partial charge on any atom is -0.354 e. The van der Waals surface area contributed by atoms with Gasteiger partial charge in [-0.3, -0.25) is 0 Å². The zero-order valence-electron chi connectivity index (χ0n) is 29.5. The average molecular weight is 684 g/mol. The molecule has 0 radical (unpaired) electrons. The largest absolute Gasteiger partial charge is 0.354 e. The Bertz CT molecular complexity index is 3130. The van der Waals surface area contributed by atoms with Crippen molar-refractivity contribution in [1.29, 1.82) is 0 Å². The molecule has 9 aromatic carbocycles. The zero-order valence-corrected chi connectivity index (χ0v) is 29.5. The molecule has 0 amide bonds. The van der Waals surface area contributed by atoms with E-state index < -0.39 is 0 Å². The second-order valence-corrected chi connectivity index (χ2v) is 14.9. The number of aromatic amines is 1. The van der Waals surface area contributed by atoms with E-state index in [0.717, 1.165) is 11.0 Å². The van der Waals surface area contributed by atoms with Crippen molar-refractivity contribution in [2.24, 2.45) is 0 Å². The first-order valence-corrected chi connectivity index (χ1v) is 18.8. The van der Waals surface area contributed by atoms with Gasteiger partial charge in [-0.2, -0.15) is 0 Å². The number of fused-ring (bicyclic) bond motifs is 14. The second kappa shape index (κ2) is 11.0. The van der Waals surface area contributed by atoms with Gasteiger partial charge in [0.2, 0.25) is 0 Å². The van der Waals surface area contributed by atoms with Gasteiger partial charge in [-0.1, -0.05) is 164 Å². The van der Waals surface area contributed by atoms with Crippen LogP contribution >= 0.6 is 0 Å². The minimum absolute atomic E-state index is 0.314. The van der Waals surface area contributed by atoms with E-state index in [4.69, 9.17) is 0 Å². The average Bonchev–Trinajstić information content (AvgIpc) is 3.86. The van der Waals surface area contributed by atoms with Crippen LogP contribution in [-0.4, -0.2) is 4.98 Å². The molecule has 0 atom stereocenters. The first-order valence-electron chi connectivity index (χ1n) is 18.8. The topological polar surface area (TPSA) is 15.8 Å². The summed E-state index contributed by atoms with van der Waals surface area (Å²) in [5.41, 5.74) is 20.1. The van der Waals surface area contributed by atoms with E-state index in [-0.39, 0.29) is 5.41 Å². The van der Waals surface area contributed by atoms with Crippen LogP contribution in [0, 0.1) is 0 Å². The molecule has 1 N–H and O–H groups in total. The number of benzene rings is 9. The lowest BCUT2D eigenvalue weighted by atomic mass is 9.70. The van der Waals surface area contributed by atoms with Gasteiger partial charge in [0.05, 0.1) is 5.41 Å². The molecule has 54 heavy (non-hydrogen) atoms. The molecular formula is C53H33N. The molecule has 0 unspecified atom stereocenters. The quantitative estimate of drug-likeness (QED) is 0.191. The first-order chi connectivity index (χ1) is 26.7. The van der Waals surface area contributed by atoms with E-state index in [1.807, 2.05) is 0 Å². The molecule has 12 rings (SSSR count). The maximum atomic E-state index is 3.79. The molecule has 0 aliphatic heterocycles. The summed E-state index contributed by atoms with van der Waals surface area (Å²) < 4.78 is 0. The molecule has 1 aromatic heterocycles. The van der Waals surface area contributed by atoms with Crippen molar-refractivity contribution in [3.05, 3.63) is 216 Å². The molecule has 0 saturated carbocycles. The third-order valence-corrected chi connectivity index (χ3v) is 12.2. The number of rotatable bonds is 3. The van der Waals surface area contributed by atoms with Crippen molar-refractivity contribution in [3.8, 4) is 55.6 Å². The number of nitrogens with one attached hydrogen (secondary N) is 1. The number of aromatic nitrogens is 1. The van der Waals surface area contributed by atoms with E-state index in [2.05, 4.69) is 199 Å². The fourth-order valence-electron chi connectivity index (χ4n) is 9.80. The standard InChI is InChI=1S/C53H33N/c1-2-11-34-28-37(21-20-33(34)10-1)35-12-9-13-36(29-35)39-22-25-44-45-26-23-40(32-52(45)54-51(44)31-39)38-24-27-50-46(30-38)43-16-5-8-19-49(43)53(50)47-17-6-3-14-41(47)42-15-4-7-18-48(42)53/h1-32,54H. The summed E-state index contributed by atoms with van der Waals surface area (Å²) in [6.45, 7) is 0. The Balaban J connectivity index is 0.944.